The quantitative estimate of drug-likeness (QED) is 0.677. The highest BCUT2D eigenvalue weighted by molar-refractivity contribution is 5.76. The first kappa shape index (κ1) is 14.6. The van der Waals surface area contributed by atoms with Crippen molar-refractivity contribution in [3.63, 3.8) is 0 Å². The van der Waals surface area contributed by atoms with Crippen molar-refractivity contribution < 1.29 is 19.2 Å². The summed E-state index contributed by atoms with van der Waals surface area (Å²) in [6, 6.07) is 11.4. The van der Waals surface area contributed by atoms with E-state index in [0.29, 0.717) is 5.56 Å². The lowest BCUT2D eigenvalue weighted by molar-refractivity contribution is -0.385. The van der Waals surface area contributed by atoms with Gasteiger partial charge in [0.25, 0.3) is 5.69 Å². The molecule has 0 aliphatic carbocycles. The highest BCUT2D eigenvalue weighted by Crippen LogP contribution is 2.27. The van der Waals surface area contributed by atoms with Gasteiger partial charge in [0.15, 0.2) is 0 Å². The number of carbonyl (C=O) groups is 1. The number of hydrogen-bond acceptors (Lipinski definition) is 3. The highest BCUT2D eigenvalue weighted by atomic mass is 19.1. The lowest BCUT2D eigenvalue weighted by atomic mass is 9.91. The van der Waals surface area contributed by atoms with Crippen LogP contribution in [0, 0.1) is 15.9 Å². The zero-order valence-corrected chi connectivity index (χ0v) is 10.9. The van der Waals surface area contributed by atoms with Gasteiger partial charge in [-0.2, -0.15) is 0 Å². The molecule has 0 aliphatic rings. The van der Waals surface area contributed by atoms with E-state index in [0.717, 1.165) is 18.2 Å². The molecule has 2 rings (SSSR count). The predicted molar refractivity (Wildman–Crippen MR) is 73.6 cm³/mol. The molecule has 1 unspecified atom stereocenters. The molecule has 0 aromatic heterocycles. The summed E-state index contributed by atoms with van der Waals surface area (Å²) < 4.78 is 13.3. The summed E-state index contributed by atoms with van der Waals surface area (Å²) in [7, 11) is 0. The van der Waals surface area contributed by atoms with E-state index < -0.39 is 22.6 Å². The molecule has 0 bridgehead atoms. The minimum absolute atomic E-state index is 0.0660. The highest BCUT2D eigenvalue weighted by Gasteiger charge is 2.24. The largest absolute Gasteiger partial charge is 0.481 e. The molecule has 108 valence electrons. The third-order valence-electron chi connectivity index (χ3n) is 3.16. The molecule has 0 saturated carbocycles. The van der Waals surface area contributed by atoms with Crippen LogP contribution >= 0.6 is 0 Å². The summed E-state index contributed by atoms with van der Waals surface area (Å²) in [4.78, 5) is 21.7. The molecule has 0 radical (unpaired) electrons. The molecule has 0 heterocycles. The minimum Gasteiger partial charge on any atom is -0.481 e. The summed E-state index contributed by atoms with van der Waals surface area (Å²) in [6.07, 6.45) is -0.145. The topological polar surface area (TPSA) is 80.4 Å². The Bertz CT molecular complexity index is 673. The first-order valence-electron chi connectivity index (χ1n) is 6.19. The fourth-order valence-corrected chi connectivity index (χ4v) is 2.15. The third kappa shape index (κ3) is 3.42. The molecule has 0 spiro atoms. The van der Waals surface area contributed by atoms with Gasteiger partial charge in [0.2, 0.25) is 0 Å². The van der Waals surface area contributed by atoms with Crippen LogP contribution in [0.2, 0.25) is 0 Å². The van der Waals surface area contributed by atoms with Gasteiger partial charge in [0, 0.05) is 11.6 Å². The van der Waals surface area contributed by atoms with E-state index in [4.69, 9.17) is 0 Å². The molecular formula is C15H12FNO4. The standard InChI is InChI=1S/C15H12FNO4/c16-12-6-7-14(17(20)21)11(8-12)9-13(15(18)19)10-4-2-1-3-5-10/h1-8,13H,9H2,(H,18,19). The Hall–Kier alpha value is -2.76. The first-order chi connectivity index (χ1) is 9.99. The molecule has 2 aromatic rings. The number of nitrogens with zero attached hydrogens (tertiary/aromatic N) is 1. The number of nitro groups is 1. The van der Waals surface area contributed by atoms with E-state index >= 15 is 0 Å². The van der Waals surface area contributed by atoms with Crippen molar-refractivity contribution in [2.45, 2.75) is 12.3 Å². The van der Waals surface area contributed by atoms with Crippen molar-refractivity contribution in [2.75, 3.05) is 0 Å². The summed E-state index contributed by atoms with van der Waals surface area (Å²) >= 11 is 0. The minimum atomic E-state index is -1.11. The van der Waals surface area contributed by atoms with Gasteiger partial charge in [-0.05, 0) is 24.1 Å². The maximum absolute atomic E-state index is 13.3. The molecule has 6 heteroatoms. The maximum Gasteiger partial charge on any atom is 0.311 e. The zero-order valence-electron chi connectivity index (χ0n) is 10.9. The van der Waals surface area contributed by atoms with Gasteiger partial charge in [-0.15, -0.1) is 0 Å². The Balaban J connectivity index is 2.40. The van der Waals surface area contributed by atoms with Crippen LogP contribution in [-0.4, -0.2) is 16.0 Å². The smallest absolute Gasteiger partial charge is 0.311 e. The van der Waals surface area contributed by atoms with Gasteiger partial charge in [0.1, 0.15) is 5.82 Å². The Morgan fingerprint density at radius 1 is 1.24 bits per heavy atom. The number of rotatable bonds is 5. The Kier molecular flexibility index (Phi) is 4.27. The summed E-state index contributed by atoms with van der Waals surface area (Å²) in [5, 5.41) is 20.3. The number of nitro benzene ring substituents is 1. The van der Waals surface area contributed by atoms with Crippen LogP contribution in [0.25, 0.3) is 0 Å². The van der Waals surface area contributed by atoms with Crippen LogP contribution in [0.4, 0.5) is 10.1 Å². The summed E-state index contributed by atoms with van der Waals surface area (Å²) in [5.41, 5.74) is 0.304. The number of aliphatic carboxylic acids is 1. The van der Waals surface area contributed by atoms with Crippen LogP contribution in [0.5, 0.6) is 0 Å². The fraction of sp³-hybridized carbons (Fsp3) is 0.133. The van der Waals surface area contributed by atoms with Crippen molar-refractivity contribution >= 4 is 11.7 Å². The average molecular weight is 289 g/mol. The van der Waals surface area contributed by atoms with E-state index in [1.165, 1.54) is 0 Å². The van der Waals surface area contributed by atoms with E-state index in [1.807, 2.05) is 0 Å². The number of hydrogen-bond donors (Lipinski definition) is 1. The normalized spacial score (nSPS) is 11.9. The molecule has 0 amide bonds. The second-order valence-electron chi connectivity index (χ2n) is 4.54. The molecule has 21 heavy (non-hydrogen) atoms. The monoisotopic (exact) mass is 289 g/mol. The van der Waals surface area contributed by atoms with Crippen LogP contribution < -0.4 is 0 Å². The summed E-state index contributed by atoms with van der Waals surface area (Å²) in [6.45, 7) is 0. The Labute approximate surface area is 119 Å². The first-order valence-corrected chi connectivity index (χ1v) is 6.19. The average Bonchev–Trinajstić information content (AvgIpc) is 2.45. The molecule has 0 aliphatic heterocycles. The van der Waals surface area contributed by atoms with Gasteiger partial charge in [-0.1, -0.05) is 30.3 Å². The van der Waals surface area contributed by atoms with Crippen molar-refractivity contribution in [1.82, 2.24) is 0 Å². The molecule has 1 atom stereocenters. The molecule has 5 nitrogen and oxygen atoms in total. The van der Waals surface area contributed by atoms with Crippen molar-refractivity contribution in [3.05, 3.63) is 75.6 Å². The van der Waals surface area contributed by atoms with Crippen molar-refractivity contribution in [2.24, 2.45) is 0 Å². The SMILES string of the molecule is O=C(O)C(Cc1cc(F)ccc1[N+](=O)[O-])c1ccccc1. The third-order valence-corrected chi connectivity index (χ3v) is 3.16. The van der Waals surface area contributed by atoms with Crippen molar-refractivity contribution in [3.8, 4) is 0 Å². The molecule has 2 aromatic carbocycles. The van der Waals surface area contributed by atoms with Gasteiger partial charge in [-0.25, -0.2) is 4.39 Å². The lowest BCUT2D eigenvalue weighted by Gasteiger charge is -2.13. The van der Waals surface area contributed by atoms with Gasteiger partial charge in [0.05, 0.1) is 10.8 Å². The fourth-order valence-electron chi connectivity index (χ4n) is 2.15. The number of carboxylic acid groups (broad SMARTS) is 1. The number of carboxylic acids is 1. The van der Waals surface area contributed by atoms with Crippen LogP contribution in [0.1, 0.15) is 17.0 Å². The molecule has 1 N–H and O–H groups in total. The van der Waals surface area contributed by atoms with E-state index in [2.05, 4.69) is 0 Å². The van der Waals surface area contributed by atoms with E-state index in [1.54, 1.807) is 30.3 Å². The van der Waals surface area contributed by atoms with Crippen LogP contribution in [0.3, 0.4) is 0 Å². The van der Waals surface area contributed by atoms with E-state index in [-0.39, 0.29) is 17.7 Å². The van der Waals surface area contributed by atoms with Crippen LogP contribution in [0.15, 0.2) is 48.5 Å². The van der Waals surface area contributed by atoms with Crippen LogP contribution in [-0.2, 0) is 11.2 Å². The number of halogens is 1. The van der Waals surface area contributed by atoms with Gasteiger partial charge < -0.3 is 5.11 Å². The molecule has 0 fully saturated rings. The summed E-state index contributed by atoms with van der Waals surface area (Å²) in [5.74, 6) is -2.71. The predicted octanol–water partition coefficient (Wildman–Crippen LogP) is 3.14. The van der Waals surface area contributed by atoms with Crippen molar-refractivity contribution in [1.29, 1.82) is 0 Å². The van der Waals surface area contributed by atoms with E-state index in [9.17, 15) is 24.4 Å². The number of benzene rings is 2. The molecular weight excluding hydrogens is 277 g/mol. The molecule has 0 saturated heterocycles. The second kappa shape index (κ2) is 6.13. The maximum atomic E-state index is 13.3. The Morgan fingerprint density at radius 3 is 2.48 bits per heavy atom. The van der Waals surface area contributed by atoms with Gasteiger partial charge >= 0.3 is 5.97 Å². The second-order valence-corrected chi connectivity index (χ2v) is 4.54. The lowest BCUT2D eigenvalue weighted by Crippen LogP contribution is -2.15. The van der Waals surface area contributed by atoms with Gasteiger partial charge in [-0.3, -0.25) is 14.9 Å². The Morgan fingerprint density at radius 2 is 1.90 bits per heavy atom. The zero-order chi connectivity index (χ0) is 15.4.